The standard InChI is InChI=1S/C15H28N2O3/c1-5-15(6-2,14(19)20)10-13(18)17(4)11-12-8-7-9-16(12)3/h12H,5-11H2,1-4H3,(H,19,20). The zero-order valence-electron chi connectivity index (χ0n) is 13.2. The Bertz CT molecular complexity index is 353. The van der Waals surface area contributed by atoms with Gasteiger partial charge in [0.15, 0.2) is 0 Å². The Morgan fingerprint density at radius 3 is 2.35 bits per heavy atom. The SMILES string of the molecule is CCC(CC)(CC(=O)N(C)CC1CCCN1C)C(=O)O. The van der Waals surface area contributed by atoms with E-state index in [0.29, 0.717) is 25.4 Å². The average molecular weight is 284 g/mol. The summed E-state index contributed by atoms with van der Waals surface area (Å²) < 4.78 is 0. The average Bonchev–Trinajstić information content (AvgIpc) is 2.81. The van der Waals surface area contributed by atoms with Crippen LogP contribution in [0.5, 0.6) is 0 Å². The molecule has 0 spiro atoms. The molecule has 0 aromatic heterocycles. The monoisotopic (exact) mass is 284 g/mol. The number of amides is 1. The van der Waals surface area contributed by atoms with Gasteiger partial charge < -0.3 is 14.9 Å². The Morgan fingerprint density at radius 2 is 1.95 bits per heavy atom. The van der Waals surface area contributed by atoms with Crippen LogP contribution >= 0.6 is 0 Å². The Morgan fingerprint density at radius 1 is 1.35 bits per heavy atom. The number of likely N-dealkylation sites (tertiary alicyclic amines) is 1. The number of carbonyl (C=O) groups excluding carboxylic acids is 1. The molecule has 1 unspecified atom stereocenters. The summed E-state index contributed by atoms with van der Waals surface area (Å²) in [5.74, 6) is -0.918. The molecule has 1 fully saturated rings. The zero-order valence-corrected chi connectivity index (χ0v) is 13.2. The molecule has 0 saturated carbocycles. The number of aliphatic carboxylic acids is 1. The number of nitrogens with zero attached hydrogens (tertiary/aromatic N) is 2. The van der Waals surface area contributed by atoms with Crippen molar-refractivity contribution in [2.75, 3.05) is 27.2 Å². The van der Waals surface area contributed by atoms with Crippen LogP contribution in [0.15, 0.2) is 0 Å². The number of rotatable bonds is 7. The van der Waals surface area contributed by atoms with Gasteiger partial charge in [-0.05, 0) is 39.3 Å². The fourth-order valence-electron chi connectivity index (χ4n) is 2.93. The molecule has 0 aromatic rings. The van der Waals surface area contributed by atoms with Crippen molar-refractivity contribution >= 4 is 11.9 Å². The summed E-state index contributed by atoms with van der Waals surface area (Å²) in [4.78, 5) is 27.8. The van der Waals surface area contributed by atoms with Crippen LogP contribution in [0.1, 0.15) is 46.0 Å². The number of likely N-dealkylation sites (N-methyl/N-ethyl adjacent to an activating group) is 2. The van der Waals surface area contributed by atoms with Crippen LogP contribution in [0.25, 0.3) is 0 Å². The van der Waals surface area contributed by atoms with E-state index in [4.69, 9.17) is 0 Å². The first kappa shape index (κ1) is 17.0. The maximum atomic E-state index is 12.3. The van der Waals surface area contributed by atoms with E-state index in [0.717, 1.165) is 13.0 Å². The second kappa shape index (κ2) is 7.07. The van der Waals surface area contributed by atoms with Crippen LogP contribution in [-0.2, 0) is 9.59 Å². The van der Waals surface area contributed by atoms with Crippen LogP contribution in [0.4, 0.5) is 0 Å². The molecule has 0 bridgehead atoms. The van der Waals surface area contributed by atoms with Gasteiger partial charge in [-0.2, -0.15) is 0 Å². The number of carbonyl (C=O) groups is 2. The molecular weight excluding hydrogens is 256 g/mol. The van der Waals surface area contributed by atoms with E-state index in [1.165, 1.54) is 6.42 Å². The van der Waals surface area contributed by atoms with Crippen molar-refractivity contribution in [3.8, 4) is 0 Å². The molecule has 1 amide bonds. The molecule has 1 rings (SSSR count). The summed E-state index contributed by atoms with van der Waals surface area (Å²) >= 11 is 0. The van der Waals surface area contributed by atoms with Crippen LogP contribution in [-0.4, -0.2) is 60.0 Å². The minimum atomic E-state index is -0.910. The highest BCUT2D eigenvalue weighted by molar-refractivity contribution is 5.84. The highest BCUT2D eigenvalue weighted by Crippen LogP contribution is 2.31. The van der Waals surface area contributed by atoms with Gasteiger partial charge in [0.1, 0.15) is 0 Å². The van der Waals surface area contributed by atoms with Crippen molar-refractivity contribution < 1.29 is 14.7 Å². The first-order chi connectivity index (χ1) is 9.36. The largest absolute Gasteiger partial charge is 0.481 e. The first-order valence-corrected chi connectivity index (χ1v) is 7.54. The summed E-state index contributed by atoms with van der Waals surface area (Å²) in [5, 5.41) is 9.40. The number of carboxylic acids is 1. The van der Waals surface area contributed by atoms with Crippen molar-refractivity contribution in [3.63, 3.8) is 0 Å². The van der Waals surface area contributed by atoms with Gasteiger partial charge in [0.25, 0.3) is 0 Å². The Labute approximate surface area is 121 Å². The van der Waals surface area contributed by atoms with E-state index in [9.17, 15) is 14.7 Å². The summed E-state index contributed by atoms with van der Waals surface area (Å²) in [7, 11) is 3.86. The molecule has 1 aliphatic rings. The molecule has 5 nitrogen and oxygen atoms in total. The van der Waals surface area contributed by atoms with Crippen LogP contribution in [0, 0.1) is 5.41 Å². The molecule has 1 atom stereocenters. The van der Waals surface area contributed by atoms with Gasteiger partial charge in [0.05, 0.1) is 5.41 Å². The third-order valence-corrected chi connectivity index (χ3v) is 4.88. The van der Waals surface area contributed by atoms with E-state index >= 15 is 0 Å². The van der Waals surface area contributed by atoms with Gasteiger partial charge in [0.2, 0.25) is 5.91 Å². The lowest BCUT2D eigenvalue weighted by Gasteiger charge is -2.30. The Balaban J connectivity index is 2.62. The van der Waals surface area contributed by atoms with Crippen LogP contribution in [0.3, 0.4) is 0 Å². The number of hydrogen-bond acceptors (Lipinski definition) is 3. The third kappa shape index (κ3) is 3.72. The number of hydrogen-bond donors (Lipinski definition) is 1. The summed E-state index contributed by atoms with van der Waals surface area (Å²) in [6, 6.07) is 0.409. The molecule has 1 saturated heterocycles. The molecule has 1 aliphatic heterocycles. The van der Waals surface area contributed by atoms with Gasteiger partial charge in [-0.3, -0.25) is 9.59 Å². The van der Waals surface area contributed by atoms with Crippen molar-refractivity contribution in [3.05, 3.63) is 0 Å². The van der Waals surface area contributed by atoms with Gasteiger partial charge in [-0.1, -0.05) is 13.8 Å². The Kier molecular flexibility index (Phi) is 5.99. The Hall–Kier alpha value is -1.10. The van der Waals surface area contributed by atoms with E-state index in [-0.39, 0.29) is 12.3 Å². The third-order valence-electron chi connectivity index (χ3n) is 4.88. The molecule has 0 aromatic carbocycles. The summed E-state index contributed by atoms with van der Waals surface area (Å²) in [6.45, 7) is 5.46. The molecular formula is C15H28N2O3. The second-order valence-corrected chi connectivity index (χ2v) is 6.02. The fraction of sp³-hybridized carbons (Fsp3) is 0.867. The zero-order chi connectivity index (χ0) is 15.3. The first-order valence-electron chi connectivity index (χ1n) is 7.54. The van der Waals surface area contributed by atoms with Gasteiger partial charge in [-0.15, -0.1) is 0 Å². The maximum Gasteiger partial charge on any atom is 0.310 e. The van der Waals surface area contributed by atoms with E-state index in [1.54, 1.807) is 11.9 Å². The lowest BCUT2D eigenvalue weighted by Crippen LogP contribution is -2.42. The van der Waals surface area contributed by atoms with E-state index < -0.39 is 11.4 Å². The normalized spacial score (nSPS) is 20.1. The van der Waals surface area contributed by atoms with Crippen molar-refractivity contribution in [2.45, 2.75) is 52.0 Å². The molecule has 20 heavy (non-hydrogen) atoms. The second-order valence-electron chi connectivity index (χ2n) is 6.02. The fourth-order valence-corrected chi connectivity index (χ4v) is 2.93. The minimum Gasteiger partial charge on any atom is -0.481 e. The maximum absolute atomic E-state index is 12.3. The quantitative estimate of drug-likeness (QED) is 0.774. The topological polar surface area (TPSA) is 60.9 Å². The molecule has 0 radical (unpaired) electrons. The van der Waals surface area contributed by atoms with E-state index in [1.807, 2.05) is 13.8 Å². The molecule has 116 valence electrons. The van der Waals surface area contributed by atoms with Crippen LogP contribution in [0.2, 0.25) is 0 Å². The van der Waals surface area contributed by atoms with Gasteiger partial charge in [-0.25, -0.2) is 0 Å². The number of carboxylic acid groups (broad SMARTS) is 1. The smallest absolute Gasteiger partial charge is 0.310 e. The highest BCUT2D eigenvalue weighted by atomic mass is 16.4. The molecule has 1 heterocycles. The van der Waals surface area contributed by atoms with Crippen LogP contribution < -0.4 is 0 Å². The predicted molar refractivity (Wildman–Crippen MR) is 78.6 cm³/mol. The predicted octanol–water partition coefficient (Wildman–Crippen LogP) is 1.82. The lowest BCUT2D eigenvalue weighted by molar-refractivity contribution is -0.154. The lowest BCUT2D eigenvalue weighted by atomic mass is 9.79. The van der Waals surface area contributed by atoms with E-state index in [2.05, 4.69) is 11.9 Å². The summed E-state index contributed by atoms with van der Waals surface area (Å²) in [5.41, 5.74) is -0.910. The van der Waals surface area contributed by atoms with Gasteiger partial charge >= 0.3 is 5.97 Å². The van der Waals surface area contributed by atoms with Crippen molar-refractivity contribution in [1.82, 2.24) is 9.80 Å². The minimum absolute atomic E-state index is 0.0589. The summed E-state index contributed by atoms with van der Waals surface area (Å²) in [6.07, 6.45) is 3.36. The molecule has 5 heteroatoms. The van der Waals surface area contributed by atoms with Crippen molar-refractivity contribution in [2.24, 2.45) is 5.41 Å². The molecule has 1 N–H and O–H groups in total. The molecule has 0 aliphatic carbocycles. The highest BCUT2D eigenvalue weighted by Gasteiger charge is 2.38. The van der Waals surface area contributed by atoms with Gasteiger partial charge in [0, 0.05) is 26.1 Å². The van der Waals surface area contributed by atoms with Crippen molar-refractivity contribution in [1.29, 1.82) is 0 Å².